The Balaban J connectivity index is 0.000000163. The largest absolute Gasteiger partial charge is 0.444 e. The molecular formula is C62H81ClN16O10. The number of aromatic nitrogens is 8. The van der Waals surface area contributed by atoms with Crippen molar-refractivity contribution in [3.63, 3.8) is 0 Å². The molecule has 27 heteroatoms. The van der Waals surface area contributed by atoms with E-state index in [9.17, 15) is 28.8 Å². The summed E-state index contributed by atoms with van der Waals surface area (Å²) in [6.07, 6.45) is 16.1. The van der Waals surface area contributed by atoms with E-state index in [0.717, 1.165) is 60.6 Å². The molecule has 0 unspecified atom stereocenters. The summed E-state index contributed by atoms with van der Waals surface area (Å²) >= 11 is 5.92. The van der Waals surface area contributed by atoms with Gasteiger partial charge in [-0.05, 0) is 115 Å². The monoisotopic (exact) mass is 1240 g/mol. The van der Waals surface area contributed by atoms with Gasteiger partial charge in [0.2, 0.25) is 11.2 Å². The van der Waals surface area contributed by atoms with Crippen LogP contribution in [0.15, 0.2) is 61.2 Å². The molecule has 0 bridgehead atoms. The van der Waals surface area contributed by atoms with Crippen molar-refractivity contribution in [2.75, 3.05) is 88.3 Å². The quantitative estimate of drug-likeness (QED) is 0.106. The normalized spacial score (nSPS) is 18.4. The fraction of sp³-hybridized carbons (Fsp3) is 0.548. The zero-order valence-corrected chi connectivity index (χ0v) is 53.2. The van der Waals surface area contributed by atoms with Crippen LogP contribution in [0.5, 0.6) is 0 Å². The first-order valence-electron chi connectivity index (χ1n) is 30.4. The molecule has 0 aromatic carbocycles. The van der Waals surface area contributed by atoms with Crippen molar-refractivity contribution in [2.24, 2.45) is 0 Å². The van der Waals surface area contributed by atoms with E-state index < -0.39 is 34.6 Å². The number of likely N-dealkylation sites (tertiary alicyclic amines) is 2. The Kier molecular flexibility index (Phi) is 18.2. The smallest absolute Gasteiger partial charge is 0.415 e. The van der Waals surface area contributed by atoms with E-state index in [1.807, 2.05) is 53.7 Å². The maximum Gasteiger partial charge on any atom is 0.415 e. The van der Waals surface area contributed by atoms with Gasteiger partial charge in [-0.25, -0.2) is 39.1 Å². The number of piperidine rings is 2. The summed E-state index contributed by atoms with van der Waals surface area (Å²) in [5.74, 6) is 1.22. The van der Waals surface area contributed by atoms with Gasteiger partial charge in [0.1, 0.15) is 56.7 Å². The van der Waals surface area contributed by atoms with Gasteiger partial charge in [-0.2, -0.15) is 9.97 Å². The molecule has 4 aliphatic heterocycles. The predicted molar refractivity (Wildman–Crippen MR) is 334 cm³/mol. The lowest BCUT2D eigenvalue weighted by atomic mass is 9.91. The number of pyridine rings is 2. The average Bonchev–Trinajstić information content (AvgIpc) is 1.80. The standard InChI is InChI=1S/C31H40N8O5.C17H24N4O4.C14H17ClN4O/c1-30(2,3)43-28(41)37-14-12-31(13-15-37)19-38(29(42)44-31)22-10-11-24(32-18-22)34-27-33-17-20-16-23(26(40)36(4)5)39(25(20)35-27)21-8-6-7-9-21;1-16(2,3)24-14(22)20-8-6-17(7-9-20)11-21(15(23)25-17)12-4-5-13(18)19-10-12;1-18(2)13(20)11-7-9-8-16-14(15)17-12(9)19(11)10-5-3-4-6-10/h10-11,16-18,21H,6-9,12-15,19H2,1-5H3,(H,32,33,34,35);4-5,10H,6-9,11H2,1-3H3,(H2,18,19);7-8,10H,3-6H2,1-2H3. The number of anilines is 5. The molecule has 4 saturated heterocycles. The SMILES string of the molecule is CC(C)(C)OC(=O)N1CCC2(CC1)CN(c1ccc(N)nc1)C(=O)O2.CN(C)C(=O)c1cc2cnc(Cl)nc2n1C1CCCC1.CN(C)C(=O)c1cc2cnc(Nc3ccc(N4CC5(CCN(C(=O)OC(C)(C)C)CC5)OC4=O)cn3)nc2n1C1CCCC1. The van der Waals surface area contributed by atoms with Gasteiger partial charge in [-0.15, -0.1) is 0 Å². The van der Waals surface area contributed by atoms with Crippen LogP contribution in [0, 0.1) is 0 Å². The van der Waals surface area contributed by atoms with Crippen LogP contribution in [0.2, 0.25) is 5.28 Å². The van der Waals surface area contributed by atoms with Crippen molar-refractivity contribution in [2.45, 2.75) is 153 Å². The van der Waals surface area contributed by atoms with Crippen LogP contribution >= 0.6 is 11.6 Å². The number of halogens is 1. The molecule has 12 rings (SSSR count). The minimum Gasteiger partial charge on any atom is -0.444 e. The van der Waals surface area contributed by atoms with Gasteiger partial charge in [-0.1, -0.05) is 25.7 Å². The molecule has 2 spiro atoms. The van der Waals surface area contributed by atoms with Crippen molar-refractivity contribution in [1.82, 2.24) is 58.6 Å². The van der Waals surface area contributed by atoms with E-state index >= 15 is 0 Å². The summed E-state index contributed by atoms with van der Waals surface area (Å²) in [7, 11) is 7.03. The highest BCUT2D eigenvalue weighted by Crippen LogP contribution is 2.40. The second-order valence-electron chi connectivity index (χ2n) is 26.1. The number of nitrogens with two attached hydrogens (primary N) is 1. The number of nitrogen functional groups attached to an aromatic ring is 1. The minimum atomic E-state index is -0.656. The Morgan fingerprint density at radius 2 is 1.03 bits per heavy atom. The molecule has 2 aliphatic carbocycles. The molecular weight excluding hydrogens is 1160 g/mol. The molecule has 2 saturated carbocycles. The second kappa shape index (κ2) is 25.5. The fourth-order valence-corrected chi connectivity index (χ4v) is 12.3. The van der Waals surface area contributed by atoms with Crippen LogP contribution < -0.4 is 20.9 Å². The Morgan fingerprint density at radius 1 is 0.607 bits per heavy atom. The molecule has 6 fully saturated rings. The van der Waals surface area contributed by atoms with Crippen LogP contribution in [0.25, 0.3) is 22.1 Å². The summed E-state index contributed by atoms with van der Waals surface area (Å²) in [6.45, 7) is 13.8. The molecule has 6 amide bonds. The summed E-state index contributed by atoms with van der Waals surface area (Å²) < 4.78 is 26.5. The first kappa shape index (κ1) is 63.5. The summed E-state index contributed by atoms with van der Waals surface area (Å²) in [5.41, 5.74) is 7.33. The van der Waals surface area contributed by atoms with Crippen molar-refractivity contribution in [3.8, 4) is 0 Å². The van der Waals surface area contributed by atoms with Gasteiger partial charge < -0.3 is 58.7 Å². The van der Waals surface area contributed by atoms with Crippen molar-refractivity contribution in [3.05, 3.63) is 77.9 Å². The maximum absolute atomic E-state index is 13.0. The molecule has 10 heterocycles. The topological polar surface area (TPSA) is 284 Å². The molecule has 476 valence electrons. The second-order valence-corrected chi connectivity index (χ2v) is 26.5. The number of carbonyl (C=O) groups is 6. The number of rotatable bonds is 8. The van der Waals surface area contributed by atoms with Crippen molar-refractivity contribution in [1.29, 1.82) is 0 Å². The van der Waals surface area contributed by atoms with Crippen LogP contribution in [0.4, 0.5) is 48.1 Å². The molecule has 6 aromatic heterocycles. The number of hydrogen-bond donors (Lipinski definition) is 2. The lowest BCUT2D eigenvalue weighted by molar-refractivity contribution is -0.0181. The zero-order valence-electron chi connectivity index (χ0n) is 52.5. The highest BCUT2D eigenvalue weighted by molar-refractivity contribution is 6.28. The van der Waals surface area contributed by atoms with E-state index in [2.05, 4.69) is 39.4 Å². The highest BCUT2D eigenvalue weighted by atomic mass is 35.5. The molecule has 26 nitrogen and oxygen atoms in total. The molecule has 6 aromatic rings. The van der Waals surface area contributed by atoms with Gasteiger partial charge in [0, 0.05) is 115 Å². The number of carbonyl (C=O) groups excluding carboxylic acids is 6. The minimum absolute atomic E-state index is 0.00831. The number of ether oxygens (including phenoxy) is 4. The maximum atomic E-state index is 13.0. The Labute approximate surface area is 522 Å². The van der Waals surface area contributed by atoms with Crippen LogP contribution in [-0.4, -0.2) is 185 Å². The van der Waals surface area contributed by atoms with E-state index in [1.54, 1.807) is 107 Å². The van der Waals surface area contributed by atoms with Gasteiger partial charge in [0.05, 0.1) is 36.9 Å². The van der Waals surface area contributed by atoms with Gasteiger partial charge in [0.15, 0.2) is 0 Å². The third-order valence-corrected chi connectivity index (χ3v) is 16.9. The molecule has 6 aliphatic rings. The fourth-order valence-electron chi connectivity index (χ4n) is 12.2. The van der Waals surface area contributed by atoms with Crippen LogP contribution in [0.1, 0.15) is 152 Å². The lowest BCUT2D eigenvalue weighted by Crippen LogP contribution is -2.49. The van der Waals surface area contributed by atoms with Crippen molar-refractivity contribution >= 4 is 98.8 Å². The Bertz CT molecular complexity index is 3590. The van der Waals surface area contributed by atoms with Gasteiger partial charge in [-0.3, -0.25) is 19.4 Å². The first-order valence-corrected chi connectivity index (χ1v) is 30.8. The van der Waals surface area contributed by atoms with Gasteiger partial charge in [0.25, 0.3) is 11.8 Å². The number of nitrogens with zero attached hydrogens (tertiary/aromatic N) is 14. The molecule has 3 N–H and O–H groups in total. The third-order valence-electron chi connectivity index (χ3n) is 16.7. The number of hydrogen-bond acceptors (Lipinski definition) is 18. The summed E-state index contributed by atoms with van der Waals surface area (Å²) in [5, 5.41) is 5.07. The Hall–Kier alpha value is -8.55. The van der Waals surface area contributed by atoms with Crippen LogP contribution in [0.3, 0.4) is 0 Å². The van der Waals surface area contributed by atoms with Crippen molar-refractivity contribution < 1.29 is 47.7 Å². The average molecular weight is 1250 g/mol. The van der Waals surface area contributed by atoms with Crippen LogP contribution in [-0.2, 0) is 18.9 Å². The zero-order chi connectivity index (χ0) is 63.7. The number of amides is 6. The number of fused-ring (bicyclic) bond motifs is 2. The first-order chi connectivity index (χ1) is 42.2. The third kappa shape index (κ3) is 14.5. The molecule has 89 heavy (non-hydrogen) atoms. The molecule has 0 radical (unpaired) electrons. The highest BCUT2D eigenvalue weighted by Gasteiger charge is 2.50. The molecule has 0 atom stereocenters. The van der Waals surface area contributed by atoms with E-state index in [4.69, 9.17) is 41.3 Å². The number of nitrogens with one attached hydrogen (secondary N) is 1. The van der Waals surface area contributed by atoms with E-state index in [1.165, 1.54) is 12.8 Å². The summed E-state index contributed by atoms with van der Waals surface area (Å²) in [6, 6.07) is 11.3. The predicted octanol–water partition coefficient (Wildman–Crippen LogP) is 10.4. The van der Waals surface area contributed by atoms with E-state index in [-0.39, 0.29) is 35.3 Å². The van der Waals surface area contributed by atoms with Gasteiger partial charge >= 0.3 is 24.4 Å². The summed E-state index contributed by atoms with van der Waals surface area (Å²) in [4.78, 5) is 111. The Morgan fingerprint density at radius 3 is 1.44 bits per heavy atom. The van der Waals surface area contributed by atoms with E-state index in [0.29, 0.717) is 111 Å². The lowest BCUT2D eigenvalue weighted by Gasteiger charge is -2.37.